The summed E-state index contributed by atoms with van der Waals surface area (Å²) in [5.41, 5.74) is -0.797. The Balaban J connectivity index is 2.49. The summed E-state index contributed by atoms with van der Waals surface area (Å²) >= 11 is 0. The monoisotopic (exact) mass is 323 g/mol. The number of esters is 2. The van der Waals surface area contributed by atoms with E-state index >= 15 is 0 Å². The van der Waals surface area contributed by atoms with Crippen LogP contribution in [0.4, 0.5) is 5.69 Å². The minimum atomic E-state index is -1.54. The van der Waals surface area contributed by atoms with E-state index in [0.29, 0.717) is 5.75 Å². The van der Waals surface area contributed by atoms with Crippen LogP contribution in [0.3, 0.4) is 0 Å². The Morgan fingerprint density at radius 2 is 1.78 bits per heavy atom. The predicted octanol–water partition coefficient (Wildman–Crippen LogP) is 1.96. The Bertz CT molecular complexity index is 635. The number of nitro benzene ring substituents is 1. The first kappa shape index (κ1) is 16.7. The Hall–Kier alpha value is -2.64. The van der Waals surface area contributed by atoms with Crippen LogP contribution in [0.15, 0.2) is 18.2 Å². The summed E-state index contributed by atoms with van der Waals surface area (Å²) in [4.78, 5) is 34.4. The molecule has 0 N–H and O–H groups in total. The molecule has 23 heavy (non-hydrogen) atoms. The Kier molecular flexibility index (Phi) is 4.53. The maximum atomic E-state index is 11.9. The minimum absolute atomic E-state index is 0.115. The van der Waals surface area contributed by atoms with E-state index in [9.17, 15) is 19.7 Å². The molecule has 0 radical (unpaired) electrons. The van der Waals surface area contributed by atoms with Crippen LogP contribution >= 0.6 is 0 Å². The van der Waals surface area contributed by atoms with Crippen LogP contribution in [-0.4, -0.2) is 36.7 Å². The van der Waals surface area contributed by atoms with Crippen molar-refractivity contribution in [3.63, 3.8) is 0 Å². The van der Waals surface area contributed by atoms with Gasteiger partial charge in [0.05, 0.1) is 24.7 Å². The summed E-state index contributed by atoms with van der Waals surface area (Å²) in [5, 5.41) is 11.2. The average molecular weight is 323 g/mol. The maximum Gasteiger partial charge on any atom is 0.324 e. The van der Waals surface area contributed by atoms with Crippen molar-refractivity contribution < 1.29 is 28.7 Å². The van der Waals surface area contributed by atoms with Crippen molar-refractivity contribution in [3.05, 3.63) is 33.9 Å². The third-order valence-corrected chi connectivity index (χ3v) is 3.70. The van der Waals surface area contributed by atoms with E-state index in [1.54, 1.807) is 0 Å². The molecule has 0 spiro atoms. The predicted molar refractivity (Wildman–Crippen MR) is 78.1 cm³/mol. The van der Waals surface area contributed by atoms with Gasteiger partial charge >= 0.3 is 11.9 Å². The number of carbonyl (C=O) groups excluding carboxylic acids is 2. The first-order valence-corrected chi connectivity index (χ1v) is 6.94. The minimum Gasteiger partial charge on any atom is -0.488 e. The number of rotatable bonds is 6. The molecule has 0 heterocycles. The quantitative estimate of drug-likeness (QED) is 0.341. The number of nitrogens with zero attached hydrogens (tertiary/aromatic N) is 1. The van der Waals surface area contributed by atoms with Gasteiger partial charge in [-0.1, -0.05) is 0 Å². The lowest BCUT2D eigenvalue weighted by molar-refractivity contribution is -0.385. The molecule has 0 aromatic heterocycles. The van der Waals surface area contributed by atoms with Crippen molar-refractivity contribution >= 4 is 17.6 Å². The fourth-order valence-electron chi connectivity index (χ4n) is 2.14. The van der Waals surface area contributed by atoms with Crippen molar-refractivity contribution in [3.8, 4) is 5.75 Å². The molecule has 0 unspecified atom stereocenters. The molecular formula is C15H17NO7. The molecule has 2 rings (SSSR count). The van der Waals surface area contributed by atoms with Gasteiger partial charge in [-0.15, -0.1) is 0 Å². The molecule has 8 nitrogen and oxygen atoms in total. The number of carbonyl (C=O) groups is 2. The van der Waals surface area contributed by atoms with E-state index < -0.39 is 22.8 Å². The van der Waals surface area contributed by atoms with E-state index in [0.717, 1.165) is 27.1 Å². The zero-order valence-electron chi connectivity index (χ0n) is 13.0. The molecule has 8 heteroatoms. The molecule has 124 valence electrons. The van der Waals surface area contributed by atoms with E-state index in [2.05, 4.69) is 9.47 Å². The highest BCUT2D eigenvalue weighted by atomic mass is 16.6. The number of hydrogen-bond donors (Lipinski definition) is 0. The summed E-state index contributed by atoms with van der Waals surface area (Å²) in [6, 6.07) is 3.96. The molecule has 0 atom stereocenters. The van der Waals surface area contributed by atoms with Crippen molar-refractivity contribution in [2.45, 2.75) is 31.3 Å². The molecule has 1 fully saturated rings. The molecule has 1 saturated carbocycles. The number of methoxy groups -OCH3 is 2. The first-order chi connectivity index (χ1) is 10.8. The van der Waals surface area contributed by atoms with Gasteiger partial charge in [0.25, 0.3) is 5.69 Å². The SMILES string of the molecule is COC(=O)C(C(=O)OC)c1cc(OC2(C)CC2)ccc1[N+](=O)[O-]. The van der Waals surface area contributed by atoms with E-state index in [1.165, 1.54) is 18.2 Å². The largest absolute Gasteiger partial charge is 0.488 e. The lowest BCUT2D eigenvalue weighted by Gasteiger charge is -2.16. The Morgan fingerprint density at radius 3 is 2.22 bits per heavy atom. The molecule has 1 aromatic carbocycles. The summed E-state index contributed by atoms with van der Waals surface area (Å²) in [6.07, 6.45) is 1.74. The summed E-state index contributed by atoms with van der Waals surface area (Å²) in [7, 11) is 2.19. The van der Waals surface area contributed by atoms with Crippen molar-refractivity contribution in [1.29, 1.82) is 0 Å². The smallest absolute Gasteiger partial charge is 0.324 e. The number of nitro groups is 1. The first-order valence-electron chi connectivity index (χ1n) is 6.94. The topological polar surface area (TPSA) is 105 Å². The molecular weight excluding hydrogens is 306 g/mol. The highest BCUT2D eigenvalue weighted by Crippen LogP contribution is 2.41. The van der Waals surface area contributed by atoms with Gasteiger partial charge in [0.1, 0.15) is 11.4 Å². The lowest BCUT2D eigenvalue weighted by Crippen LogP contribution is -2.25. The van der Waals surface area contributed by atoms with Gasteiger partial charge in [0, 0.05) is 6.07 Å². The zero-order valence-corrected chi connectivity index (χ0v) is 13.0. The van der Waals surface area contributed by atoms with Crippen LogP contribution in [0.1, 0.15) is 31.2 Å². The molecule has 1 aliphatic rings. The average Bonchev–Trinajstić information content (AvgIpc) is 3.23. The van der Waals surface area contributed by atoms with Crippen LogP contribution in [-0.2, 0) is 19.1 Å². The molecule has 0 saturated heterocycles. The van der Waals surface area contributed by atoms with Crippen LogP contribution < -0.4 is 4.74 Å². The van der Waals surface area contributed by atoms with E-state index in [-0.39, 0.29) is 16.9 Å². The van der Waals surface area contributed by atoms with Gasteiger partial charge in [-0.05, 0) is 31.9 Å². The molecule has 0 bridgehead atoms. The highest BCUT2D eigenvalue weighted by Gasteiger charge is 2.41. The van der Waals surface area contributed by atoms with Crippen LogP contribution in [0.2, 0.25) is 0 Å². The maximum absolute atomic E-state index is 11.9. The Morgan fingerprint density at radius 1 is 1.22 bits per heavy atom. The fourth-order valence-corrected chi connectivity index (χ4v) is 2.14. The number of ether oxygens (including phenoxy) is 3. The standard InChI is InChI=1S/C15H17NO7/c1-15(6-7-15)23-9-4-5-11(16(19)20)10(8-9)12(13(17)21-2)14(18)22-3/h4-5,8,12H,6-7H2,1-3H3. The van der Waals surface area contributed by atoms with Gasteiger partial charge in [-0.3, -0.25) is 19.7 Å². The van der Waals surface area contributed by atoms with Gasteiger partial charge in [0.15, 0.2) is 5.92 Å². The second-order valence-electron chi connectivity index (χ2n) is 5.51. The zero-order chi connectivity index (χ0) is 17.2. The van der Waals surface area contributed by atoms with E-state index in [1.807, 2.05) is 6.92 Å². The third-order valence-electron chi connectivity index (χ3n) is 3.70. The van der Waals surface area contributed by atoms with Crippen molar-refractivity contribution in [2.24, 2.45) is 0 Å². The summed E-state index contributed by atoms with van der Waals surface area (Å²) in [5.74, 6) is -3.06. The van der Waals surface area contributed by atoms with Gasteiger partial charge in [-0.2, -0.15) is 0 Å². The lowest BCUT2D eigenvalue weighted by atomic mass is 9.97. The molecule has 1 aromatic rings. The third kappa shape index (κ3) is 3.58. The second kappa shape index (κ2) is 6.23. The van der Waals surface area contributed by atoms with Crippen LogP contribution in [0, 0.1) is 10.1 Å². The summed E-state index contributed by atoms with van der Waals surface area (Å²) in [6.45, 7) is 1.91. The normalized spacial score (nSPS) is 15.0. The Labute approximate surface area is 132 Å². The van der Waals surface area contributed by atoms with E-state index in [4.69, 9.17) is 4.74 Å². The molecule has 1 aliphatic carbocycles. The highest BCUT2D eigenvalue weighted by molar-refractivity contribution is 6.01. The number of benzene rings is 1. The van der Waals surface area contributed by atoms with Crippen molar-refractivity contribution in [1.82, 2.24) is 0 Å². The van der Waals surface area contributed by atoms with Gasteiger partial charge in [-0.25, -0.2) is 0 Å². The molecule has 0 aliphatic heterocycles. The second-order valence-corrected chi connectivity index (χ2v) is 5.51. The van der Waals surface area contributed by atoms with Crippen molar-refractivity contribution in [2.75, 3.05) is 14.2 Å². The van der Waals surface area contributed by atoms with Crippen LogP contribution in [0.5, 0.6) is 5.75 Å². The van der Waals surface area contributed by atoms with Gasteiger partial charge in [0.2, 0.25) is 0 Å². The summed E-state index contributed by atoms with van der Waals surface area (Å²) < 4.78 is 14.9. The number of hydrogen-bond acceptors (Lipinski definition) is 7. The van der Waals surface area contributed by atoms with Crippen LogP contribution in [0.25, 0.3) is 0 Å². The fraction of sp³-hybridized carbons (Fsp3) is 0.467. The molecule has 0 amide bonds. The van der Waals surface area contributed by atoms with Gasteiger partial charge < -0.3 is 14.2 Å².